The summed E-state index contributed by atoms with van der Waals surface area (Å²) >= 11 is 0. The monoisotopic (exact) mass is 197 g/mol. The van der Waals surface area contributed by atoms with Crippen molar-refractivity contribution in [3.8, 4) is 0 Å². The van der Waals surface area contributed by atoms with Gasteiger partial charge in [0.25, 0.3) is 0 Å². The molecule has 0 aromatic heterocycles. The molecule has 3 atom stereocenters. The van der Waals surface area contributed by atoms with Crippen molar-refractivity contribution in [3.05, 3.63) is 0 Å². The Bertz CT molecular complexity index is 174. The zero-order valence-corrected chi connectivity index (χ0v) is 10.6. The lowest BCUT2D eigenvalue weighted by atomic mass is 9.70. The van der Waals surface area contributed by atoms with Crippen molar-refractivity contribution in [2.45, 2.75) is 72.4 Å². The van der Waals surface area contributed by atoms with Crippen LogP contribution in [-0.4, -0.2) is 12.1 Å². The van der Waals surface area contributed by atoms with Gasteiger partial charge >= 0.3 is 0 Å². The van der Waals surface area contributed by atoms with Crippen LogP contribution in [-0.2, 0) is 0 Å². The minimum atomic E-state index is 0.544. The summed E-state index contributed by atoms with van der Waals surface area (Å²) in [4.78, 5) is 0. The average Bonchev–Trinajstić information content (AvgIpc) is 1.99. The summed E-state index contributed by atoms with van der Waals surface area (Å²) in [5.74, 6) is 0.889. The summed E-state index contributed by atoms with van der Waals surface area (Å²) in [6, 6.07) is 1.43. The molecule has 0 heterocycles. The second-order valence-corrected chi connectivity index (χ2v) is 6.09. The second kappa shape index (κ2) is 4.65. The summed E-state index contributed by atoms with van der Waals surface area (Å²) in [6.45, 7) is 11.8. The molecule has 0 aliphatic heterocycles. The molecule has 0 aromatic carbocycles. The topological polar surface area (TPSA) is 12.0 Å². The molecule has 1 saturated carbocycles. The van der Waals surface area contributed by atoms with Crippen LogP contribution in [0.15, 0.2) is 0 Å². The fraction of sp³-hybridized carbons (Fsp3) is 1.00. The molecule has 1 N–H and O–H groups in total. The highest BCUT2D eigenvalue weighted by molar-refractivity contribution is 4.87. The van der Waals surface area contributed by atoms with Crippen LogP contribution in [0.4, 0.5) is 0 Å². The molecule has 0 amide bonds. The largest absolute Gasteiger partial charge is 0.311 e. The summed E-state index contributed by atoms with van der Waals surface area (Å²) < 4.78 is 0. The van der Waals surface area contributed by atoms with Gasteiger partial charge in [-0.3, -0.25) is 0 Å². The number of rotatable bonds is 3. The van der Waals surface area contributed by atoms with Crippen LogP contribution in [0.1, 0.15) is 60.3 Å². The van der Waals surface area contributed by atoms with Gasteiger partial charge in [-0.1, -0.05) is 27.7 Å². The van der Waals surface area contributed by atoms with Crippen molar-refractivity contribution >= 4 is 0 Å². The molecular weight excluding hydrogens is 170 g/mol. The van der Waals surface area contributed by atoms with E-state index in [0.717, 1.165) is 12.0 Å². The van der Waals surface area contributed by atoms with Crippen molar-refractivity contribution in [1.29, 1.82) is 0 Å². The zero-order valence-electron chi connectivity index (χ0n) is 10.6. The molecule has 0 bridgehead atoms. The smallest absolute Gasteiger partial charge is 0.00771 e. The van der Waals surface area contributed by atoms with E-state index in [9.17, 15) is 0 Å². The van der Waals surface area contributed by atoms with Gasteiger partial charge in [-0.25, -0.2) is 0 Å². The van der Waals surface area contributed by atoms with Crippen LogP contribution in [0.25, 0.3) is 0 Å². The Morgan fingerprint density at radius 1 is 1.36 bits per heavy atom. The average molecular weight is 197 g/mol. The summed E-state index contributed by atoms with van der Waals surface area (Å²) in [7, 11) is 0. The van der Waals surface area contributed by atoms with Gasteiger partial charge in [0.2, 0.25) is 0 Å². The van der Waals surface area contributed by atoms with Gasteiger partial charge in [0.15, 0.2) is 0 Å². The molecule has 0 spiro atoms. The Kier molecular flexibility index (Phi) is 4.00. The normalized spacial score (nSPS) is 34.1. The van der Waals surface area contributed by atoms with Crippen LogP contribution in [0.3, 0.4) is 0 Å². The second-order valence-electron chi connectivity index (χ2n) is 6.09. The molecule has 1 aliphatic carbocycles. The Balaban J connectivity index is 2.45. The van der Waals surface area contributed by atoms with Crippen molar-refractivity contribution in [3.63, 3.8) is 0 Å². The molecule has 1 fully saturated rings. The molecule has 1 heteroatoms. The highest BCUT2D eigenvalue weighted by Gasteiger charge is 2.31. The van der Waals surface area contributed by atoms with Gasteiger partial charge in [-0.15, -0.1) is 0 Å². The molecule has 0 unspecified atom stereocenters. The number of hydrogen-bond donors (Lipinski definition) is 1. The first-order valence-corrected chi connectivity index (χ1v) is 6.19. The fourth-order valence-corrected chi connectivity index (χ4v) is 2.99. The Morgan fingerprint density at radius 2 is 2.00 bits per heavy atom. The predicted octanol–water partition coefficient (Wildman–Crippen LogP) is 3.59. The molecule has 84 valence electrons. The lowest BCUT2D eigenvalue weighted by Crippen LogP contribution is -2.43. The fourth-order valence-electron chi connectivity index (χ4n) is 2.99. The van der Waals surface area contributed by atoms with Crippen LogP contribution in [0.5, 0.6) is 0 Å². The standard InChI is InChI=1S/C13H27N/c1-6-11(3)14-12-7-10(2)8-13(4,5)9-12/h10-12,14H,6-9H2,1-5H3/t10-,11+,12+/m1/s1. The van der Waals surface area contributed by atoms with Gasteiger partial charge < -0.3 is 5.32 Å². The quantitative estimate of drug-likeness (QED) is 0.729. The molecule has 1 nitrogen and oxygen atoms in total. The zero-order chi connectivity index (χ0) is 10.8. The third kappa shape index (κ3) is 3.61. The molecule has 0 radical (unpaired) electrons. The molecule has 0 saturated heterocycles. The van der Waals surface area contributed by atoms with Crippen LogP contribution in [0, 0.1) is 11.3 Å². The van der Waals surface area contributed by atoms with E-state index >= 15 is 0 Å². The minimum Gasteiger partial charge on any atom is -0.311 e. The van der Waals surface area contributed by atoms with Gasteiger partial charge in [0.05, 0.1) is 0 Å². The van der Waals surface area contributed by atoms with E-state index in [2.05, 4.69) is 39.9 Å². The summed E-state index contributed by atoms with van der Waals surface area (Å²) in [6.07, 6.45) is 5.35. The SMILES string of the molecule is CC[C@H](C)N[C@H]1C[C@@H](C)CC(C)(C)C1. The number of hydrogen-bond acceptors (Lipinski definition) is 1. The van der Waals surface area contributed by atoms with Crippen molar-refractivity contribution < 1.29 is 0 Å². The van der Waals surface area contributed by atoms with E-state index in [4.69, 9.17) is 0 Å². The maximum atomic E-state index is 3.75. The summed E-state index contributed by atoms with van der Waals surface area (Å²) in [5.41, 5.74) is 0.544. The van der Waals surface area contributed by atoms with E-state index in [1.165, 1.54) is 25.7 Å². The molecule has 1 rings (SSSR count). The van der Waals surface area contributed by atoms with Gasteiger partial charge in [0.1, 0.15) is 0 Å². The van der Waals surface area contributed by atoms with Gasteiger partial charge in [-0.2, -0.15) is 0 Å². The maximum Gasteiger partial charge on any atom is 0.00771 e. The summed E-state index contributed by atoms with van der Waals surface area (Å²) in [5, 5.41) is 3.75. The number of nitrogens with one attached hydrogen (secondary N) is 1. The van der Waals surface area contributed by atoms with Crippen LogP contribution in [0.2, 0.25) is 0 Å². The lowest BCUT2D eigenvalue weighted by Gasteiger charge is -2.40. The minimum absolute atomic E-state index is 0.544. The molecule has 1 aliphatic rings. The van der Waals surface area contributed by atoms with E-state index in [1.54, 1.807) is 0 Å². The Hall–Kier alpha value is -0.0400. The molecule has 0 aromatic rings. The Morgan fingerprint density at radius 3 is 2.50 bits per heavy atom. The van der Waals surface area contributed by atoms with Crippen LogP contribution >= 0.6 is 0 Å². The van der Waals surface area contributed by atoms with Crippen LogP contribution < -0.4 is 5.32 Å². The lowest BCUT2D eigenvalue weighted by molar-refractivity contribution is 0.145. The van der Waals surface area contributed by atoms with Crippen molar-refractivity contribution in [2.75, 3.05) is 0 Å². The third-order valence-electron chi connectivity index (χ3n) is 3.52. The third-order valence-corrected chi connectivity index (χ3v) is 3.52. The van der Waals surface area contributed by atoms with Crippen molar-refractivity contribution in [1.82, 2.24) is 5.32 Å². The van der Waals surface area contributed by atoms with E-state index in [-0.39, 0.29) is 0 Å². The first-order valence-electron chi connectivity index (χ1n) is 6.19. The van der Waals surface area contributed by atoms with Gasteiger partial charge in [-0.05, 0) is 43.9 Å². The molecular formula is C13H27N. The van der Waals surface area contributed by atoms with E-state index in [0.29, 0.717) is 11.5 Å². The highest BCUT2D eigenvalue weighted by Crippen LogP contribution is 2.38. The van der Waals surface area contributed by atoms with E-state index < -0.39 is 0 Å². The predicted molar refractivity (Wildman–Crippen MR) is 63.5 cm³/mol. The first kappa shape index (κ1) is 12.0. The maximum absolute atomic E-state index is 3.75. The Labute approximate surface area is 89.7 Å². The van der Waals surface area contributed by atoms with Crippen molar-refractivity contribution in [2.24, 2.45) is 11.3 Å². The van der Waals surface area contributed by atoms with E-state index in [1.807, 2.05) is 0 Å². The van der Waals surface area contributed by atoms with Gasteiger partial charge in [0, 0.05) is 12.1 Å². The molecule has 14 heavy (non-hydrogen) atoms. The first-order chi connectivity index (χ1) is 6.43. The highest BCUT2D eigenvalue weighted by atomic mass is 14.9.